The molecule has 0 heterocycles. The molecule has 0 radical (unpaired) electrons. The Bertz CT molecular complexity index is 347. The maximum absolute atomic E-state index is 9.32. The zero-order valence-corrected chi connectivity index (χ0v) is 8.69. The molecule has 0 amide bonds. The van der Waals surface area contributed by atoms with E-state index in [1.807, 2.05) is 6.07 Å². The summed E-state index contributed by atoms with van der Waals surface area (Å²) < 4.78 is 0. The van der Waals surface area contributed by atoms with Gasteiger partial charge in [0, 0.05) is 6.04 Å². The molecule has 1 aromatic carbocycles. The van der Waals surface area contributed by atoms with Gasteiger partial charge < -0.3 is 15.9 Å². The third-order valence-electron chi connectivity index (χ3n) is 2.87. The zero-order valence-electron chi connectivity index (χ0n) is 8.69. The molecular formula is C12H17NO2. The topological polar surface area (TPSA) is 66.5 Å². The highest BCUT2D eigenvalue weighted by atomic mass is 16.3. The number of benzene rings is 1. The summed E-state index contributed by atoms with van der Waals surface area (Å²) in [7, 11) is 0. The summed E-state index contributed by atoms with van der Waals surface area (Å²) in [4.78, 5) is 0. The molecule has 1 aliphatic carbocycles. The predicted molar refractivity (Wildman–Crippen MR) is 58.8 cm³/mol. The summed E-state index contributed by atoms with van der Waals surface area (Å²) in [5, 5.41) is 18.5. The van der Waals surface area contributed by atoms with E-state index in [0.717, 1.165) is 24.3 Å². The molecule has 0 spiro atoms. The first-order valence-corrected chi connectivity index (χ1v) is 5.41. The van der Waals surface area contributed by atoms with Gasteiger partial charge in [0.1, 0.15) is 0 Å². The molecule has 1 aliphatic rings. The van der Waals surface area contributed by atoms with Gasteiger partial charge in [-0.1, -0.05) is 18.9 Å². The fourth-order valence-corrected chi connectivity index (χ4v) is 1.86. The summed E-state index contributed by atoms with van der Waals surface area (Å²) in [6.45, 7) is 0. The van der Waals surface area contributed by atoms with Gasteiger partial charge in [0.05, 0.1) is 0 Å². The molecule has 1 saturated carbocycles. The van der Waals surface area contributed by atoms with Gasteiger partial charge in [-0.2, -0.15) is 0 Å². The summed E-state index contributed by atoms with van der Waals surface area (Å²) in [6.07, 6.45) is 4.47. The number of nitrogens with two attached hydrogens (primary N) is 1. The van der Waals surface area contributed by atoms with E-state index in [1.54, 1.807) is 6.07 Å². The van der Waals surface area contributed by atoms with Crippen molar-refractivity contribution < 1.29 is 10.2 Å². The van der Waals surface area contributed by atoms with Crippen molar-refractivity contribution in [1.82, 2.24) is 0 Å². The molecule has 1 fully saturated rings. The molecule has 15 heavy (non-hydrogen) atoms. The van der Waals surface area contributed by atoms with Crippen molar-refractivity contribution in [1.29, 1.82) is 0 Å². The van der Waals surface area contributed by atoms with E-state index < -0.39 is 0 Å². The lowest BCUT2D eigenvalue weighted by Gasteiger charge is -2.11. The van der Waals surface area contributed by atoms with Gasteiger partial charge in [-0.15, -0.1) is 0 Å². The standard InChI is InChI=1S/C12H17NO2/c13-10(5-8-1-2-8)6-9-3-4-11(14)12(15)7-9/h3-4,7-8,10,14-15H,1-2,5-6,13H2. The molecule has 3 nitrogen and oxygen atoms in total. The van der Waals surface area contributed by atoms with E-state index in [-0.39, 0.29) is 17.5 Å². The molecule has 2 rings (SSSR count). The second kappa shape index (κ2) is 4.11. The van der Waals surface area contributed by atoms with Crippen LogP contribution in [-0.4, -0.2) is 16.3 Å². The molecule has 1 aromatic rings. The Labute approximate surface area is 89.5 Å². The van der Waals surface area contributed by atoms with Crippen LogP contribution in [-0.2, 0) is 6.42 Å². The highest BCUT2D eigenvalue weighted by molar-refractivity contribution is 5.40. The molecule has 4 N–H and O–H groups in total. The monoisotopic (exact) mass is 207 g/mol. The van der Waals surface area contributed by atoms with Crippen molar-refractivity contribution in [2.24, 2.45) is 11.7 Å². The Balaban J connectivity index is 1.93. The van der Waals surface area contributed by atoms with Crippen LogP contribution in [0.5, 0.6) is 11.5 Å². The third-order valence-corrected chi connectivity index (χ3v) is 2.87. The van der Waals surface area contributed by atoms with Crippen LogP contribution in [0, 0.1) is 5.92 Å². The first-order valence-electron chi connectivity index (χ1n) is 5.41. The van der Waals surface area contributed by atoms with Crippen molar-refractivity contribution >= 4 is 0 Å². The van der Waals surface area contributed by atoms with E-state index in [4.69, 9.17) is 10.8 Å². The summed E-state index contributed by atoms with van der Waals surface area (Å²) in [5.41, 5.74) is 6.98. The van der Waals surface area contributed by atoms with E-state index in [0.29, 0.717) is 0 Å². The molecule has 1 unspecified atom stereocenters. The van der Waals surface area contributed by atoms with Gasteiger partial charge >= 0.3 is 0 Å². The Kier molecular flexibility index (Phi) is 2.82. The quantitative estimate of drug-likeness (QED) is 0.659. The lowest BCUT2D eigenvalue weighted by molar-refractivity contribution is 0.403. The van der Waals surface area contributed by atoms with Crippen molar-refractivity contribution in [3.63, 3.8) is 0 Å². The lowest BCUT2D eigenvalue weighted by Crippen LogP contribution is -2.23. The summed E-state index contributed by atoms with van der Waals surface area (Å²) in [6, 6.07) is 5.07. The van der Waals surface area contributed by atoms with Gasteiger partial charge in [0.25, 0.3) is 0 Å². The third kappa shape index (κ3) is 2.86. The molecule has 0 aliphatic heterocycles. The fraction of sp³-hybridized carbons (Fsp3) is 0.500. The van der Waals surface area contributed by atoms with Gasteiger partial charge in [0.15, 0.2) is 11.5 Å². The van der Waals surface area contributed by atoms with Crippen LogP contribution in [0.3, 0.4) is 0 Å². The Morgan fingerprint density at radius 3 is 2.60 bits per heavy atom. The number of phenolic OH excluding ortho intramolecular Hbond substituents is 2. The van der Waals surface area contributed by atoms with Crippen LogP contribution in [0.15, 0.2) is 18.2 Å². The van der Waals surface area contributed by atoms with Gasteiger partial charge in [-0.25, -0.2) is 0 Å². The molecule has 0 saturated heterocycles. The average Bonchev–Trinajstić information content (AvgIpc) is 2.95. The van der Waals surface area contributed by atoms with Crippen molar-refractivity contribution in [2.45, 2.75) is 31.7 Å². The Morgan fingerprint density at radius 2 is 2.00 bits per heavy atom. The average molecular weight is 207 g/mol. The van der Waals surface area contributed by atoms with Crippen LogP contribution < -0.4 is 5.73 Å². The number of hydrogen-bond acceptors (Lipinski definition) is 3. The minimum absolute atomic E-state index is 0.0638. The van der Waals surface area contributed by atoms with Gasteiger partial charge in [-0.05, 0) is 36.5 Å². The molecule has 82 valence electrons. The molecule has 0 aromatic heterocycles. The van der Waals surface area contributed by atoms with Crippen LogP contribution in [0.4, 0.5) is 0 Å². The van der Waals surface area contributed by atoms with Crippen molar-refractivity contribution in [3.8, 4) is 11.5 Å². The largest absolute Gasteiger partial charge is 0.504 e. The predicted octanol–water partition coefficient (Wildman–Crippen LogP) is 1.77. The smallest absolute Gasteiger partial charge is 0.157 e. The Morgan fingerprint density at radius 1 is 1.27 bits per heavy atom. The number of rotatable bonds is 4. The minimum Gasteiger partial charge on any atom is -0.504 e. The second-order valence-corrected chi connectivity index (χ2v) is 4.47. The second-order valence-electron chi connectivity index (χ2n) is 4.47. The summed E-state index contributed by atoms with van der Waals surface area (Å²) in [5.74, 6) is 0.686. The SMILES string of the molecule is NC(Cc1ccc(O)c(O)c1)CC1CC1. The van der Waals surface area contributed by atoms with Crippen molar-refractivity contribution in [3.05, 3.63) is 23.8 Å². The van der Waals surface area contributed by atoms with Crippen LogP contribution in [0.2, 0.25) is 0 Å². The van der Waals surface area contributed by atoms with Gasteiger partial charge in [0.2, 0.25) is 0 Å². The van der Waals surface area contributed by atoms with E-state index in [9.17, 15) is 5.11 Å². The highest BCUT2D eigenvalue weighted by Gasteiger charge is 2.23. The van der Waals surface area contributed by atoms with Crippen LogP contribution >= 0.6 is 0 Å². The molecule has 1 atom stereocenters. The number of aromatic hydroxyl groups is 2. The van der Waals surface area contributed by atoms with Crippen molar-refractivity contribution in [2.75, 3.05) is 0 Å². The van der Waals surface area contributed by atoms with Crippen LogP contribution in [0.25, 0.3) is 0 Å². The van der Waals surface area contributed by atoms with Crippen LogP contribution in [0.1, 0.15) is 24.8 Å². The molecule has 3 heteroatoms. The maximum atomic E-state index is 9.32. The molecular weight excluding hydrogens is 190 g/mol. The van der Waals surface area contributed by atoms with E-state index in [1.165, 1.54) is 18.9 Å². The maximum Gasteiger partial charge on any atom is 0.157 e. The number of phenols is 2. The van der Waals surface area contributed by atoms with Gasteiger partial charge in [-0.3, -0.25) is 0 Å². The first-order chi connectivity index (χ1) is 7.15. The fourth-order valence-electron chi connectivity index (χ4n) is 1.86. The minimum atomic E-state index is -0.0745. The normalized spacial score (nSPS) is 17.7. The summed E-state index contributed by atoms with van der Waals surface area (Å²) >= 11 is 0. The lowest BCUT2D eigenvalue weighted by atomic mass is 10.0. The zero-order chi connectivity index (χ0) is 10.8. The highest BCUT2D eigenvalue weighted by Crippen LogP contribution is 2.34. The van der Waals surface area contributed by atoms with E-state index >= 15 is 0 Å². The number of hydrogen-bond donors (Lipinski definition) is 3. The molecule has 0 bridgehead atoms. The van der Waals surface area contributed by atoms with E-state index in [2.05, 4.69) is 0 Å². The Hall–Kier alpha value is -1.22. The first kappa shape index (κ1) is 10.3.